The van der Waals surface area contributed by atoms with Crippen LogP contribution in [0.5, 0.6) is 0 Å². The highest BCUT2D eigenvalue weighted by Crippen LogP contribution is 2.14. The van der Waals surface area contributed by atoms with Crippen LogP contribution < -0.4 is 10.6 Å². The van der Waals surface area contributed by atoms with Gasteiger partial charge in [-0.25, -0.2) is 0 Å². The van der Waals surface area contributed by atoms with Crippen LogP contribution in [-0.4, -0.2) is 21.9 Å². The molecule has 0 amide bonds. The normalized spacial score (nSPS) is 11.2. The van der Waals surface area contributed by atoms with E-state index in [0.29, 0.717) is 30.9 Å². The minimum absolute atomic E-state index is 0.409. The van der Waals surface area contributed by atoms with E-state index in [1.807, 2.05) is 13.8 Å². The molecule has 0 spiro atoms. The van der Waals surface area contributed by atoms with Gasteiger partial charge in [-0.05, 0) is 26.3 Å². The first-order valence-electron chi connectivity index (χ1n) is 6.75. The third-order valence-electron chi connectivity index (χ3n) is 2.89. The highest BCUT2D eigenvalue weighted by molar-refractivity contribution is 5.27. The first kappa shape index (κ1) is 14.5. The molecule has 2 rings (SSSR count). The van der Waals surface area contributed by atoms with E-state index in [1.54, 1.807) is 0 Å². The number of aromatic nitrogens is 3. The van der Waals surface area contributed by atoms with Gasteiger partial charge in [-0.1, -0.05) is 24.1 Å². The smallest absolute Gasteiger partial charge is 0.315 e. The first-order chi connectivity index (χ1) is 9.56. The van der Waals surface area contributed by atoms with Gasteiger partial charge in [-0.15, -0.1) is 5.10 Å². The number of nitrogens with zero attached hydrogens (tertiary/aromatic N) is 3. The van der Waals surface area contributed by atoms with Crippen molar-refractivity contribution < 1.29 is 8.94 Å². The molecule has 0 bridgehead atoms. The summed E-state index contributed by atoms with van der Waals surface area (Å²) in [6.07, 6.45) is 0. The average Bonchev–Trinajstić information content (AvgIpc) is 2.95. The molecular formula is C13H21N5O2. The standard InChI is InChI=1S/C13H21N5O2/c1-8(2)5-14-7-12-16-17-13(19-12)15-6-11-9(3)18-20-10(11)4/h8,14H,5-7H2,1-4H3,(H,15,17). The Hall–Kier alpha value is -1.89. The maximum atomic E-state index is 5.50. The van der Waals surface area contributed by atoms with E-state index < -0.39 is 0 Å². The van der Waals surface area contributed by atoms with Crippen molar-refractivity contribution in [3.05, 3.63) is 22.9 Å². The van der Waals surface area contributed by atoms with Crippen LogP contribution >= 0.6 is 0 Å². The molecule has 0 saturated carbocycles. The Bertz CT molecular complexity index is 527. The zero-order chi connectivity index (χ0) is 14.5. The van der Waals surface area contributed by atoms with Crippen molar-refractivity contribution >= 4 is 6.01 Å². The Morgan fingerprint density at radius 2 is 1.95 bits per heavy atom. The molecule has 0 aliphatic carbocycles. The van der Waals surface area contributed by atoms with Crippen molar-refractivity contribution in [1.29, 1.82) is 0 Å². The lowest BCUT2D eigenvalue weighted by Gasteiger charge is -2.03. The Balaban J connectivity index is 1.84. The van der Waals surface area contributed by atoms with Crippen molar-refractivity contribution in [2.45, 2.75) is 40.8 Å². The van der Waals surface area contributed by atoms with E-state index >= 15 is 0 Å². The molecule has 7 heteroatoms. The summed E-state index contributed by atoms with van der Waals surface area (Å²) in [4.78, 5) is 0. The molecule has 2 aromatic rings. The van der Waals surface area contributed by atoms with Crippen molar-refractivity contribution in [2.24, 2.45) is 5.92 Å². The van der Waals surface area contributed by atoms with E-state index in [-0.39, 0.29) is 0 Å². The van der Waals surface area contributed by atoms with Gasteiger partial charge in [0, 0.05) is 12.1 Å². The fraction of sp³-hybridized carbons (Fsp3) is 0.615. The number of anilines is 1. The fourth-order valence-corrected chi connectivity index (χ4v) is 1.78. The summed E-state index contributed by atoms with van der Waals surface area (Å²) in [5, 5.41) is 18.2. The zero-order valence-electron chi connectivity index (χ0n) is 12.4. The molecule has 0 aliphatic heterocycles. The number of nitrogens with one attached hydrogen (secondary N) is 2. The molecular weight excluding hydrogens is 258 g/mol. The second-order valence-corrected chi connectivity index (χ2v) is 5.18. The molecule has 20 heavy (non-hydrogen) atoms. The van der Waals surface area contributed by atoms with Crippen LogP contribution in [0.3, 0.4) is 0 Å². The Morgan fingerprint density at radius 3 is 2.60 bits per heavy atom. The van der Waals surface area contributed by atoms with Gasteiger partial charge in [0.1, 0.15) is 5.76 Å². The Kier molecular flexibility index (Phi) is 4.73. The van der Waals surface area contributed by atoms with Gasteiger partial charge in [0.2, 0.25) is 5.89 Å². The van der Waals surface area contributed by atoms with Gasteiger partial charge in [-0.2, -0.15) is 0 Å². The van der Waals surface area contributed by atoms with Crippen LogP contribution in [0.2, 0.25) is 0 Å². The van der Waals surface area contributed by atoms with Gasteiger partial charge in [0.15, 0.2) is 0 Å². The minimum Gasteiger partial charge on any atom is -0.407 e. The van der Waals surface area contributed by atoms with Crippen LogP contribution in [0, 0.1) is 19.8 Å². The maximum Gasteiger partial charge on any atom is 0.315 e. The van der Waals surface area contributed by atoms with Gasteiger partial charge in [0.05, 0.1) is 12.2 Å². The van der Waals surface area contributed by atoms with Gasteiger partial charge < -0.3 is 19.6 Å². The van der Waals surface area contributed by atoms with Crippen LogP contribution in [-0.2, 0) is 13.1 Å². The van der Waals surface area contributed by atoms with Crippen molar-refractivity contribution in [1.82, 2.24) is 20.7 Å². The Morgan fingerprint density at radius 1 is 1.15 bits per heavy atom. The highest BCUT2D eigenvalue weighted by atomic mass is 16.5. The van der Waals surface area contributed by atoms with Crippen LogP contribution in [0.25, 0.3) is 0 Å². The summed E-state index contributed by atoms with van der Waals surface area (Å²) in [5.41, 5.74) is 1.89. The molecule has 2 heterocycles. The fourth-order valence-electron chi connectivity index (χ4n) is 1.78. The summed E-state index contributed by atoms with van der Waals surface area (Å²) in [6, 6.07) is 0.409. The molecule has 110 valence electrons. The molecule has 2 N–H and O–H groups in total. The lowest BCUT2D eigenvalue weighted by atomic mass is 10.2. The minimum atomic E-state index is 0.409. The molecule has 0 atom stereocenters. The van der Waals surface area contributed by atoms with Crippen LogP contribution in [0.1, 0.15) is 36.8 Å². The molecule has 7 nitrogen and oxygen atoms in total. The summed E-state index contributed by atoms with van der Waals surface area (Å²) < 4.78 is 10.6. The largest absolute Gasteiger partial charge is 0.407 e. The average molecular weight is 279 g/mol. The molecule has 0 aliphatic rings. The highest BCUT2D eigenvalue weighted by Gasteiger charge is 2.11. The lowest BCUT2D eigenvalue weighted by Crippen LogP contribution is -2.19. The van der Waals surface area contributed by atoms with Crippen LogP contribution in [0.4, 0.5) is 6.01 Å². The second kappa shape index (κ2) is 6.51. The van der Waals surface area contributed by atoms with Gasteiger partial charge in [0.25, 0.3) is 0 Å². The molecule has 0 aromatic carbocycles. The lowest BCUT2D eigenvalue weighted by molar-refractivity contribution is 0.392. The molecule has 2 aromatic heterocycles. The van der Waals surface area contributed by atoms with Crippen LogP contribution in [0.15, 0.2) is 8.94 Å². The van der Waals surface area contributed by atoms with E-state index in [4.69, 9.17) is 8.94 Å². The number of hydrogen-bond acceptors (Lipinski definition) is 7. The van der Waals surface area contributed by atoms with Crippen molar-refractivity contribution in [2.75, 3.05) is 11.9 Å². The molecule has 0 radical (unpaired) electrons. The van der Waals surface area contributed by atoms with Crippen molar-refractivity contribution in [3.8, 4) is 0 Å². The number of aryl methyl sites for hydroxylation is 2. The van der Waals surface area contributed by atoms with Crippen molar-refractivity contribution in [3.63, 3.8) is 0 Å². The van der Waals surface area contributed by atoms with E-state index in [9.17, 15) is 0 Å². The number of rotatable bonds is 7. The second-order valence-electron chi connectivity index (χ2n) is 5.18. The predicted molar refractivity (Wildman–Crippen MR) is 74.1 cm³/mol. The summed E-state index contributed by atoms with van der Waals surface area (Å²) in [7, 11) is 0. The predicted octanol–water partition coefficient (Wildman–Crippen LogP) is 2.03. The van der Waals surface area contributed by atoms with Gasteiger partial charge in [-0.3, -0.25) is 0 Å². The third kappa shape index (κ3) is 3.80. The molecule has 0 fully saturated rings. The SMILES string of the molecule is Cc1noc(C)c1CNc1nnc(CNCC(C)C)o1. The van der Waals surface area contributed by atoms with E-state index in [0.717, 1.165) is 23.6 Å². The first-order valence-corrected chi connectivity index (χ1v) is 6.75. The van der Waals surface area contributed by atoms with E-state index in [2.05, 4.69) is 39.8 Å². The zero-order valence-corrected chi connectivity index (χ0v) is 12.4. The summed E-state index contributed by atoms with van der Waals surface area (Å²) >= 11 is 0. The quantitative estimate of drug-likeness (QED) is 0.801. The third-order valence-corrected chi connectivity index (χ3v) is 2.89. The molecule has 0 saturated heterocycles. The maximum absolute atomic E-state index is 5.50. The number of hydrogen-bond donors (Lipinski definition) is 2. The topological polar surface area (TPSA) is 89.0 Å². The Labute approximate surface area is 118 Å². The summed E-state index contributed by atoms with van der Waals surface area (Å²) in [5.74, 6) is 1.97. The van der Waals surface area contributed by atoms with Gasteiger partial charge >= 0.3 is 6.01 Å². The van der Waals surface area contributed by atoms with E-state index in [1.165, 1.54) is 0 Å². The molecule has 0 unspecified atom stereocenters. The monoisotopic (exact) mass is 279 g/mol. The summed E-state index contributed by atoms with van der Waals surface area (Å²) in [6.45, 7) is 10.1.